The van der Waals surface area contributed by atoms with Crippen molar-refractivity contribution in [3.05, 3.63) is 30.1 Å². The summed E-state index contributed by atoms with van der Waals surface area (Å²) in [5.41, 5.74) is 0.918. The number of carbonyl (C=O) groups is 2. The lowest BCUT2D eigenvalue weighted by molar-refractivity contribution is -0.142. The van der Waals surface area contributed by atoms with E-state index >= 15 is 0 Å². The van der Waals surface area contributed by atoms with Gasteiger partial charge < -0.3 is 14.9 Å². The van der Waals surface area contributed by atoms with Crippen molar-refractivity contribution in [3.8, 4) is 0 Å². The molecule has 6 heteroatoms. The first-order chi connectivity index (χ1) is 10.0. The summed E-state index contributed by atoms with van der Waals surface area (Å²) in [6, 6.07) is 4.74. The van der Waals surface area contributed by atoms with E-state index in [4.69, 9.17) is 0 Å². The molecule has 0 radical (unpaired) electrons. The van der Waals surface area contributed by atoms with Crippen molar-refractivity contribution in [2.24, 2.45) is 5.92 Å². The number of rotatable bonds is 4. The van der Waals surface area contributed by atoms with E-state index in [0.29, 0.717) is 19.5 Å². The van der Waals surface area contributed by atoms with Crippen LogP contribution in [0.2, 0.25) is 0 Å². The molecule has 0 bridgehead atoms. The normalized spacial score (nSPS) is 21.3. The molecule has 0 aliphatic carbocycles. The molecule has 1 aliphatic rings. The second kappa shape index (κ2) is 6.56. The minimum absolute atomic E-state index is 0.00404. The summed E-state index contributed by atoms with van der Waals surface area (Å²) in [5.74, 6) is -0.929. The van der Waals surface area contributed by atoms with Crippen LogP contribution in [0.4, 0.5) is 4.79 Å². The molecule has 2 heterocycles. The molecule has 2 amide bonds. The Kier molecular flexibility index (Phi) is 4.77. The van der Waals surface area contributed by atoms with Crippen LogP contribution >= 0.6 is 0 Å². The summed E-state index contributed by atoms with van der Waals surface area (Å²) in [4.78, 5) is 31.0. The topological polar surface area (TPSA) is 73.7 Å². The zero-order valence-corrected chi connectivity index (χ0v) is 12.4. The molecule has 2 unspecified atom stereocenters. The minimum Gasteiger partial charge on any atom is -0.480 e. The Balaban J connectivity index is 1.94. The average molecular weight is 291 g/mol. The Morgan fingerprint density at radius 3 is 2.86 bits per heavy atom. The molecule has 0 aromatic carbocycles. The molecule has 1 aliphatic heterocycles. The molecule has 1 aromatic rings. The number of carboxylic acids is 1. The minimum atomic E-state index is -0.925. The van der Waals surface area contributed by atoms with Gasteiger partial charge in [0.15, 0.2) is 0 Å². The molecule has 21 heavy (non-hydrogen) atoms. The van der Waals surface area contributed by atoms with Gasteiger partial charge in [-0.05, 0) is 24.5 Å². The predicted molar refractivity (Wildman–Crippen MR) is 77.9 cm³/mol. The van der Waals surface area contributed by atoms with E-state index in [0.717, 1.165) is 12.1 Å². The highest BCUT2D eigenvalue weighted by atomic mass is 16.4. The highest BCUT2D eigenvalue weighted by Gasteiger charge is 2.40. The molecular formula is C15H21N3O3. The lowest BCUT2D eigenvalue weighted by Gasteiger charge is -2.28. The smallest absolute Gasteiger partial charge is 0.326 e. The van der Waals surface area contributed by atoms with Crippen LogP contribution in [0.3, 0.4) is 0 Å². The van der Waals surface area contributed by atoms with Gasteiger partial charge in [0.05, 0.1) is 0 Å². The molecular weight excluding hydrogens is 270 g/mol. The van der Waals surface area contributed by atoms with Crippen molar-refractivity contribution in [2.45, 2.75) is 25.8 Å². The van der Waals surface area contributed by atoms with Crippen molar-refractivity contribution in [1.29, 1.82) is 0 Å². The maximum Gasteiger partial charge on any atom is 0.326 e. The number of amides is 2. The fourth-order valence-corrected chi connectivity index (χ4v) is 2.68. The van der Waals surface area contributed by atoms with Crippen LogP contribution < -0.4 is 0 Å². The van der Waals surface area contributed by atoms with E-state index in [1.54, 1.807) is 18.1 Å². The van der Waals surface area contributed by atoms with Crippen molar-refractivity contribution in [3.63, 3.8) is 0 Å². The van der Waals surface area contributed by atoms with Gasteiger partial charge in [-0.15, -0.1) is 0 Å². The number of urea groups is 1. The summed E-state index contributed by atoms with van der Waals surface area (Å²) in [6.07, 6.45) is 3.11. The number of hydrogen-bond donors (Lipinski definition) is 1. The predicted octanol–water partition coefficient (Wildman–Crippen LogP) is 1.47. The summed E-state index contributed by atoms with van der Waals surface area (Å²) in [7, 11) is 1.70. The largest absolute Gasteiger partial charge is 0.480 e. The third-order valence-electron chi connectivity index (χ3n) is 3.95. The van der Waals surface area contributed by atoms with Crippen molar-refractivity contribution in [2.75, 3.05) is 20.1 Å². The van der Waals surface area contributed by atoms with Crippen molar-refractivity contribution < 1.29 is 14.7 Å². The molecule has 1 fully saturated rings. The van der Waals surface area contributed by atoms with Crippen LogP contribution in [0, 0.1) is 5.92 Å². The molecule has 0 spiro atoms. The number of hydrogen-bond acceptors (Lipinski definition) is 3. The van der Waals surface area contributed by atoms with Gasteiger partial charge in [-0.1, -0.05) is 13.0 Å². The van der Waals surface area contributed by atoms with Gasteiger partial charge in [-0.3, -0.25) is 4.98 Å². The molecule has 2 atom stereocenters. The van der Waals surface area contributed by atoms with E-state index in [1.165, 1.54) is 4.90 Å². The Labute approximate surface area is 124 Å². The van der Waals surface area contributed by atoms with Gasteiger partial charge in [-0.2, -0.15) is 0 Å². The second-order valence-corrected chi connectivity index (χ2v) is 5.52. The summed E-state index contributed by atoms with van der Waals surface area (Å²) in [6.45, 7) is 2.90. The summed E-state index contributed by atoms with van der Waals surface area (Å²) in [5, 5.41) is 9.27. The number of likely N-dealkylation sites (N-methyl/N-ethyl adjacent to an activating group) is 1. The SMILES string of the molecule is CC1CCN(C(=O)N(C)CCc2ccccn2)C1C(=O)O. The zero-order chi connectivity index (χ0) is 15.4. The average Bonchev–Trinajstić information content (AvgIpc) is 2.87. The Morgan fingerprint density at radius 2 is 2.24 bits per heavy atom. The van der Waals surface area contributed by atoms with Gasteiger partial charge in [0.1, 0.15) is 6.04 Å². The van der Waals surface area contributed by atoms with Gasteiger partial charge >= 0.3 is 12.0 Å². The number of aliphatic carboxylic acids is 1. The van der Waals surface area contributed by atoms with Crippen LogP contribution in [0.15, 0.2) is 24.4 Å². The molecule has 0 saturated carbocycles. The number of likely N-dealkylation sites (tertiary alicyclic amines) is 1. The second-order valence-electron chi connectivity index (χ2n) is 5.52. The van der Waals surface area contributed by atoms with E-state index < -0.39 is 12.0 Å². The first-order valence-corrected chi connectivity index (χ1v) is 7.15. The number of pyridine rings is 1. The first-order valence-electron chi connectivity index (χ1n) is 7.15. The van der Waals surface area contributed by atoms with E-state index in [-0.39, 0.29) is 11.9 Å². The molecule has 1 aromatic heterocycles. The fourth-order valence-electron chi connectivity index (χ4n) is 2.68. The standard InChI is InChI=1S/C15H21N3O3/c1-11-6-10-18(13(11)14(19)20)15(21)17(2)9-7-12-5-3-4-8-16-12/h3-5,8,11,13H,6-7,9-10H2,1-2H3,(H,19,20). The van der Waals surface area contributed by atoms with Gasteiger partial charge in [0.2, 0.25) is 0 Å². The van der Waals surface area contributed by atoms with E-state index in [1.807, 2.05) is 25.1 Å². The number of nitrogens with zero attached hydrogens (tertiary/aromatic N) is 3. The molecule has 1 N–H and O–H groups in total. The number of carbonyl (C=O) groups excluding carboxylic acids is 1. The monoisotopic (exact) mass is 291 g/mol. The van der Waals surface area contributed by atoms with Crippen LogP contribution in [-0.4, -0.2) is 58.1 Å². The molecule has 6 nitrogen and oxygen atoms in total. The quantitative estimate of drug-likeness (QED) is 0.911. The van der Waals surface area contributed by atoms with Crippen LogP contribution in [0.5, 0.6) is 0 Å². The maximum atomic E-state index is 12.4. The number of aromatic nitrogens is 1. The Hall–Kier alpha value is -2.11. The third-order valence-corrected chi connectivity index (χ3v) is 3.95. The summed E-state index contributed by atoms with van der Waals surface area (Å²) >= 11 is 0. The van der Waals surface area contributed by atoms with Gasteiger partial charge in [-0.25, -0.2) is 9.59 Å². The van der Waals surface area contributed by atoms with Crippen molar-refractivity contribution in [1.82, 2.24) is 14.8 Å². The van der Waals surface area contributed by atoms with Crippen LogP contribution in [-0.2, 0) is 11.2 Å². The van der Waals surface area contributed by atoms with Crippen LogP contribution in [0.1, 0.15) is 19.0 Å². The van der Waals surface area contributed by atoms with Gasteiger partial charge in [0, 0.05) is 38.4 Å². The highest BCUT2D eigenvalue weighted by Crippen LogP contribution is 2.25. The van der Waals surface area contributed by atoms with Crippen molar-refractivity contribution >= 4 is 12.0 Å². The van der Waals surface area contributed by atoms with E-state index in [2.05, 4.69) is 4.98 Å². The molecule has 114 valence electrons. The molecule has 1 saturated heterocycles. The highest BCUT2D eigenvalue weighted by molar-refractivity contribution is 5.83. The lowest BCUT2D eigenvalue weighted by Crippen LogP contribution is -2.48. The summed E-state index contributed by atoms with van der Waals surface area (Å²) < 4.78 is 0. The fraction of sp³-hybridized carbons (Fsp3) is 0.533. The first kappa shape index (κ1) is 15.3. The Morgan fingerprint density at radius 1 is 1.48 bits per heavy atom. The van der Waals surface area contributed by atoms with Crippen LogP contribution in [0.25, 0.3) is 0 Å². The maximum absolute atomic E-state index is 12.4. The molecule has 2 rings (SSSR count). The van der Waals surface area contributed by atoms with E-state index in [9.17, 15) is 14.7 Å². The zero-order valence-electron chi connectivity index (χ0n) is 12.4. The van der Waals surface area contributed by atoms with Gasteiger partial charge in [0.25, 0.3) is 0 Å². The Bertz CT molecular complexity index is 506. The number of carboxylic acid groups (broad SMARTS) is 1. The lowest BCUT2D eigenvalue weighted by atomic mass is 10.0. The third kappa shape index (κ3) is 3.51.